The number of nitrogens with one attached hydrogen (secondary N) is 1. The van der Waals surface area contributed by atoms with Crippen molar-refractivity contribution in [1.82, 2.24) is 4.98 Å². The van der Waals surface area contributed by atoms with Gasteiger partial charge in [-0.15, -0.1) is 0 Å². The van der Waals surface area contributed by atoms with Crippen molar-refractivity contribution in [2.24, 2.45) is 0 Å². The van der Waals surface area contributed by atoms with Crippen molar-refractivity contribution < 1.29 is 9.13 Å². The Labute approximate surface area is 139 Å². The van der Waals surface area contributed by atoms with E-state index in [1.165, 1.54) is 12.3 Å². The van der Waals surface area contributed by atoms with Gasteiger partial charge in [-0.1, -0.05) is 18.2 Å². The van der Waals surface area contributed by atoms with Crippen molar-refractivity contribution in [2.45, 2.75) is 6.54 Å². The summed E-state index contributed by atoms with van der Waals surface area (Å²) in [5, 5.41) is 12.2. The Balaban J connectivity index is 1.68. The molecule has 3 aromatic rings. The monoisotopic (exact) mass is 319 g/mol. The Morgan fingerprint density at radius 3 is 2.75 bits per heavy atom. The van der Waals surface area contributed by atoms with E-state index >= 15 is 0 Å². The van der Waals surface area contributed by atoms with Crippen molar-refractivity contribution in [3.05, 3.63) is 83.9 Å². The molecule has 0 saturated carbocycles. The first-order valence-electron chi connectivity index (χ1n) is 7.34. The summed E-state index contributed by atoms with van der Waals surface area (Å²) in [7, 11) is 0. The molecule has 2 aromatic carbocycles. The second-order valence-corrected chi connectivity index (χ2v) is 5.13. The van der Waals surface area contributed by atoms with Crippen LogP contribution in [0, 0.1) is 17.1 Å². The first-order valence-corrected chi connectivity index (χ1v) is 7.34. The number of nitrogens with zero attached hydrogens (tertiary/aromatic N) is 2. The fourth-order valence-electron chi connectivity index (χ4n) is 2.21. The van der Waals surface area contributed by atoms with Crippen LogP contribution in [-0.4, -0.2) is 4.98 Å². The smallest absolute Gasteiger partial charge is 0.148 e. The molecule has 0 fully saturated rings. The van der Waals surface area contributed by atoms with E-state index in [9.17, 15) is 4.39 Å². The number of aromatic nitrogens is 1. The van der Waals surface area contributed by atoms with Gasteiger partial charge in [-0.2, -0.15) is 5.26 Å². The van der Waals surface area contributed by atoms with Crippen LogP contribution in [-0.2, 0) is 6.54 Å². The number of hydrogen-bond donors (Lipinski definition) is 1. The summed E-state index contributed by atoms with van der Waals surface area (Å²) in [5.74, 6) is 0.478. The maximum atomic E-state index is 13.1. The zero-order valence-electron chi connectivity index (χ0n) is 12.7. The number of nitriles is 1. The van der Waals surface area contributed by atoms with Gasteiger partial charge in [0.05, 0.1) is 24.0 Å². The predicted molar refractivity (Wildman–Crippen MR) is 89.2 cm³/mol. The molecule has 24 heavy (non-hydrogen) atoms. The van der Waals surface area contributed by atoms with Crippen LogP contribution in [0.3, 0.4) is 0 Å². The average Bonchev–Trinajstić information content (AvgIpc) is 2.60. The summed E-state index contributed by atoms with van der Waals surface area (Å²) >= 11 is 0. The molecular weight excluding hydrogens is 305 g/mol. The molecule has 0 amide bonds. The van der Waals surface area contributed by atoms with E-state index in [2.05, 4.69) is 16.4 Å². The van der Waals surface area contributed by atoms with Gasteiger partial charge in [-0.05, 0) is 29.8 Å². The van der Waals surface area contributed by atoms with Gasteiger partial charge in [0.1, 0.15) is 17.3 Å². The SMILES string of the molecule is N#Cc1cccc(CNc2cccc(Oc3cncc(F)c3)c2)c1. The molecule has 0 radical (unpaired) electrons. The largest absolute Gasteiger partial charge is 0.456 e. The number of pyridine rings is 1. The third-order valence-electron chi connectivity index (χ3n) is 3.30. The van der Waals surface area contributed by atoms with Gasteiger partial charge in [0, 0.05) is 24.4 Å². The van der Waals surface area contributed by atoms with E-state index in [1.54, 1.807) is 12.1 Å². The molecule has 118 valence electrons. The molecule has 0 bridgehead atoms. The minimum Gasteiger partial charge on any atom is -0.456 e. The van der Waals surface area contributed by atoms with Gasteiger partial charge in [0.25, 0.3) is 0 Å². The Morgan fingerprint density at radius 2 is 1.92 bits per heavy atom. The molecule has 1 aromatic heterocycles. The topological polar surface area (TPSA) is 57.9 Å². The Kier molecular flexibility index (Phi) is 4.68. The minimum absolute atomic E-state index is 0.342. The van der Waals surface area contributed by atoms with Gasteiger partial charge in [-0.3, -0.25) is 4.98 Å². The summed E-state index contributed by atoms with van der Waals surface area (Å²) < 4.78 is 18.7. The number of rotatable bonds is 5. The zero-order chi connectivity index (χ0) is 16.8. The lowest BCUT2D eigenvalue weighted by Crippen LogP contribution is -1.99. The van der Waals surface area contributed by atoms with Crippen LogP contribution in [0.15, 0.2) is 67.0 Å². The highest BCUT2D eigenvalue weighted by molar-refractivity contribution is 5.49. The van der Waals surface area contributed by atoms with E-state index in [0.717, 1.165) is 17.4 Å². The average molecular weight is 319 g/mol. The molecule has 0 aliphatic rings. The van der Waals surface area contributed by atoms with Gasteiger partial charge in [0.2, 0.25) is 0 Å². The van der Waals surface area contributed by atoms with Crippen molar-refractivity contribution in [3.8, 4) is 17.6 Å². The highest BCUT2D eigenvalue weighted by atomic mass is 19.1. The summed E-state index contributed by atoms with van der Waals surface area (Å²) in [6, 6.07) is 18.2. The fourth-order valence-corrected chi connectivity index (χ4v) is 2.21. The van der Waals surface area contributed by atoms with Crippen LogP contribution in [0.5, 0.6) is 11.5 Å². The van der Waals surface area contributed by atoms with Crippen LogP contribution in [0.1, 0.15) is 11.1 Å². The van der Waals surface area contributed by atoms with E-state index in [1.807, 2.05) is 36.4 Å². The van der Waals surface area contributed by atoms with Crippen molar-refractivity contribution >= 4 is 5.69 Å². The highest BCUT2D eigenvalue weighted by Gasteiger charge is 2.02. The molecule has 0 unspecified atom stereocenters. The maximum Gasteiger partial charge on any atom is 0.148 e. The molecule has 1 N–H and O–H groups in total. The Morgan fingerprint density at radius 1 is 1.04 bits per heavy atom. The number of benzene rings is 2. The number of anilines is 1. The van der Waals surface area contributed by atoms with Crippen molar-refractivity contribution in [1.29, 1.82) is 5.26 Å². The number of hydrogen-bond acceptors (Lipinski definition) is 4. The number of ether oxygens (including phenoxy) is 1. The van der Waals surface area contributed by atoms with E-state index in [-0.39, 0.29) is 0 Å². The lowest BCUT2D eigenvalue weighted by atomic mass is 10.1. The first kappa shape index (κ1) is 15.5. The lowest BCUT2D eigenvalue weighted by molar-refractivity contribution is 0.473. The zero-order valence-corrected chi connectivity index (χ0v) is 12.7. The maximum absolute atomic E-state index is 13.1. The second-order valence-electron chi connectivity index (χ2n) is 5.13. The molecule has 0 spiro atoms. The van der Waals surface area contributed by atoms with E-state index in [0.29, 0.717) is 23.6 Å². The molecule has 0 aliphatic carbocycles. The lowest BCUT2D eigenvalue weighted by Gasteiger charge is -2.10. The minimum atomic E-state index is -0.445. The molecule has 1 heterocycles. The molecule has 5 heteroatoms. The van der Waals surface area contributed by atoms with Gasteiger partial charge >= 0.3 is 0 Å². The molecule has 3 rings (SSSR count). The molecule has 4 nitrogen and oxygen atoms in total. The summed E-state index contributed by atoms with van der Waals surface area (Å²) in [4.78, 5) is 3.75. The second kappa shape index (κ2) is 7.25. The van der Waals surface area contributed by atoms with Gasteiger partial charge in [0.15, 0.2) is 0 Å². The van der Waals surface area contributed by atoms with Crippen LogP contribution >= 0.6 is 0 Å². The third-order valence-corrected chi connectivity index (χ3v) is 3.30. The van der Waals surface area contributed by atoms with Crippen molar-refractivity contribution in [3.63, 3.8) is 0 Å². The fraction of sp³-hybridized carbons (Fsp3) is 0.0526. The third kappa shape index (κ3) is 4.08. The van der Waals surface area contributed by atoms with Crippen molar-refractivity contribution in [2.75, 3.05) is 5.32 Å². The van der Waals surface area contributed by atoms with Crippen LogP contribution in [0.4, 0.5) is 10.1 Å². The number of halogens is 1. The molecular formula is C19H14FN3O. The highest BCUT2D eigenvalue weighted by Crippen LogP contribution is 2.24. The molecule has 0 aliphatic heterocycles. The Hall–Kier alpha value is -3.39. The van der Waals surface area contributed by atoms with Crippen LogP contribution in [0.25, 0.3) is 0 Å². The normalized spacial score (nSPS) is 10.0. The molecule has 0 saturated heterocycles. The Bertz CT molecular complexity index is 890. The van der Waals surface area contributed by atoms with Crippen LogP contribution < -0.4 is 10.1 Å². The summed E-state index contributed by atoms with van der Waals surface area (Å²) in [6.07, 6.45) is 2.58. The van der Waals surface area contributed by atoms with Crippen LogP contribution in [0.2, 0.25) is 0 Å². The van der Waals surface area contributed by atoms with E-state index < -0.39 is 5.82 Å². The standard InChI is InChI=1S/C19H14FN3O/c20-16-8-19(13-22-12-16)24-18-6-2-5-17(9-18)23-11-15-4-1-3-14(7-15)10-21/h1-9,12-13,23H,11H2. The molecule has 0 atom stereocenters. The van der Waals surface area contributed by atoms with Gasteiger partial charge < -0.3 is 10.1 Å². The van der Waals surface area contributed by atoms with E-state index in [4.69, 9.17) is 10.00 Å². The van der Waals surface area contributed by atoms with Gasteiger partial charge in [-0.25, -0.2) is 4.39 Å². The first-order chi connectivity index (χ1) is 11.7. The summed E-state index contributed by atoms with van der Waals surface area (Å²) in [5.41, 5.74) is 2.50. The quantitative estimate of drug-likeness (QED) is 0.752. The summed E-state index contributed by atoms with van der Waals surface area (Å²) in [6.45, 7) is 0.584. The predicted octanol–water partition coefficient (Wildman–Crippen LogP) is 4.50.